The van der Waals surface area contributed by atoms with Crippen LogP contribution in [0.15, 0.2) is 30.3 Å². The Labute approximate surface area is 185 Å². The summed E-state index contributed by atoms with van der Waals surface area (Å²) >= 11 is 0. The van der Waals surface area contributed by atoms with Crippen molar-refractivity contribution in [3.8, 4) is 5.75 Å². The van der Waals surface area contributed by atoms with E-state index in [4.69, 9.17) is 0 Å². The largest absolute Gasteiger partial charge is 0.507 e. The Kier molecular flexibility index (Phi) is 7.44. The summed E-state index contributed by atoms with van der Waals surface area (Å²) in [4.78, 5) is 12.2. The number of rotatable bonds is 6. The first-order valence-corrected chi connectivity index (χ1v) is 10.7. The third-order valence-corrected chi connectivity index (χ3v) is 6.03. The molecule has 3 N–H and O–H groups in total. The van der Waals surface area contributed by atoms with E-state index in [1.807, 2.05) is 26.0 Å². The molecule has 3 rings (SSSR count). The highest BCUT2D eigenvalue weighted by molar-refractivity contribution is 5.94. The number of carbonyl (C=O) groups excluding carboxylic acids is 1. The molecule has 1 amide bonds. The van der Waals surface area contributed by atoms with Gasteiger partial charge in [0.15, 0.2) is 0 Å². The molecule has 0 heterocycles. The second-order valence-corrected chi connectivity index (χ2v) is 8.61. The van der Waals surface area contributed by atoms with Gasteiger partial charge in [-0.15, -0.1) is 0 Å². The van der Waals surface area contributed by atoms with Gasteiger partial charge in [-0.05, 0) is 80.3 Å². The molecule has 4 nitrogen and oxygen atoms in total. The van der Waals surface area contributed by atoms with E-state index >= 15 is 0 Å². The van der Waals surface area contributed by atoms with Crippen LogP contribution < -0.4 is 10.6 Å². The number of carbonyl (C=O) groups is 1. The molecule has 0 aliphatic heterocycles. The van der Waals surface area contributed by atoms with Crippen LogP contribution in [0.2, 0.25) is 0 Å². The average molecular weight is 452 g/mol. The van der Waals surface area contributed by atoms with E-state index in [0.29, 0.717) is 37.0 Å². The van der Waals surface area contributed by atoms with Crippen molar-refractivity contribution in [2.24, 2.45) is 5.92 Å². The van der Waals surface area contributed by atoms with Gasteiger partial charge in [-0.25, -0.2) is 4.39 Å². The Morgan fingerprint density at radius 3 is 2.25 bits per heavy atom. The quantitative estimate of drug-likeness (QED) is 0.525. The van der Waals surface area contributed by atoms with Gasteiger partial charge in [0, 0.05) is 24.7 Å². The van der Waals surface area contributed by atoms with Crippen molar-refractivity contribution in [3.05, 3.63) is 64.0 Å². The number of benzene rings is 2. The molecule has 1 aliphatic carbocycles. The Hall–Kier alpha value is -2.61. The lowest BCUT2D eigenvalue weighted by molar-refractivity contribution is -0.137. The Bertz CT molecular complexity index is 944. The zero-order chi connectivity index (χ0) is 23.5. The molecule has 1 aliphatic rings. The number of hydrogen-bond acceptors (Lipinski definition) is 3. The molecule has 1 saturated carbocycles. The highest BCUT2D eigenvalue weighted by atomic mass is 19.4. The Morgan fingerprint density at radius 2 is 1.66 bits per heavy atom. The molecule has 0 bridgehead atoms. The number of amides is 1. The zero-order valence-electron chi connectivity index (χ0n) is 18.2. The number of aryl methyl sites for hydroxylation is 2. The third kappa shape index (κ3) is 6.22. The van der Waals surface area contributed by atoms with Gasteiger partial charge in [0.2, 0.25) is 0 Å². The van der Waals surface area contributed by atoms with Crippen LogP contribution in [0.25, 0.3) is 0 Å². The number of aromatic hydroxyl groups is 1. The van der Waals surface area contributed by atoms with Crippen molar-refractivity contribution in [3.63, 3.8) is 0 Å². The van der Waals surface area contributed by atoms with Gasteiger partial charge in [0.25, 0.3) is 5.91 Å². The molecule has 0 unspecified atom stereocenters. The smallest absolute Gasteiger partial charge is 0.416 e. The maximum atomic E-state index is 13.5. The molecule has 1 fully saturated rings. The summed E-state index contributed by atoms with van der Waals surface area (Å²) in [6, 6.07) is 6.14. The number of phenolic OH excluding ortho intramolecular Hbond substituents is 1. The van der Waals surface area contributed by atoms with Gasteiger partial charge in [-0.3, -0.25) is 4.79 Å². The van der Waals surface area contributed by atoms with Gasteiger partial charge in [-0.1, -0.05) is 12.1 Å². The van der Waals surface area contributed by atoms with Crippen LogP contribution in [0.3, 0.4) is 0 Å². The van der Waals surface area contributed by atoms with Crippen LogP contribution >= 0.6 is 0 Å². The Morgan fingerprint density at radius 1 is 1.03 bits per heavy atom. The number of hydrogen-bond donors (Lipinski definition) is 3. The molecular weight excluding hydrogens is 424 g/mol. The number of phenols is 1. The predicted molar refractivity (Wildman–Crippen MR) is 114 cm³/mol. The summed E-state index contributed by atoms with van der Waals surface area (Å²) in [6.07, 6.45) is -1.10. The van der Waals surface area contributed by atoms with E-state index in [1.165, 1.54) is 0 Å². The SMILES string of the molecule is Cc1cc(CN[C@H]2CC[C@@H](CNC(=O)c3cc(F)cc(C(F)(F)F)c3)CC2)cc(C)c1O. The number of nitrogens with one attached hydrogen (secondary N) is 2. The molecule has 8 heteroatoms. The second kappa shape index (κ2) is 9.90. The molecule has 0 aromatic heterocycles. The maximum Gasteiger partial charge on any atom is 0.416 e. The number of halogens is 4. The van der Waals surface area contributed by atoms with Gasteiger partial charge >= 0.3 is 6.18 Å². The van der Waals surface area contributed by atoms with Crippen LogP contribution in [-0.4, -0.2) is 23.6 Å². The van der Waals surface area contributed by atoms with Crippen LogP contribution in [0, 0.1) is 25.6 Å². The van der Waals surface area contributed by atoms with E-state index in [1.54, 1.807) is 0 Å². The summed E-state index contributed by atoms with van der Waals surface area (Å²) < 4.78 is 52.0. The van der Waals surface area contributed by atoms with Crippen molar-refractivity contribution >= 4 is 5.91 Å². The highest BCUT2D eigenvalue weighted by Gasteiger charge is 2.32. The van der Waals surface area contributed by atoms with Crippen LogP contribution in [0.5, 0.6) is 5.75 Å². The van der Waals surface area contributed by atoms with Gasteiger partial charge < -0.3 is 15.7 Å². The summed E-state index contributed by atoms with van der Waals surface area (Å²) in [6.45, 7) is 4.80. The van der Waals surface area contributed by atoms with Crippen LogP contribution in [0.4, 0.5) is 17.6 Å². The minimum absolute atomic E-state index is 0.228. The normalized spacial score (nSPS) is 19.1. The lowest BCUT2D eigenvalue weighted by Gasteiger charge is -2.29. The van der Waals surface area contributed by atoms with Crippen molar-refractivity contribution in [1.82, 2.24) is 10.6 Å². The molecule has 0 saturated heterocycles. The molecule has 0 radical (unpaired) electrons. The summed E-state index contributed by atoms with van der Waals surface area (Å²) in [5, 5.41) is 16.1. The first-order valence-electron chi connectivity index (χ1n) is 10.7. The first-order chi connectivity index (χ1) is 15.0. The fourth-order valence-corrected chi connectivity index (χ4v) is 4.20. The van der Waals surface area contributed by atoms with Crippen molar-refractivity contribution in [2.75, 3.05) is 6.54 Å². The van der Waals surface area contributed by atoms with E-state index in [9.17, 15) is 27.5 Å². The van der Waals surface area contributed by atoms with Gasteiger partial charge in [-0.2, -0.15) is 13.2 Å². The zero-order valence-corrected chi connectivity index (χ0v) is 18.2. The van der Waals surface area contributed by atoms with Crippen LogP contribution in [-0.2, 0) is 12.7 Å². The fraction of sp³-hybridized carbons (Fsp3) is 0.458. The molecule has 2 aromatic carbocycles. The van der Waals surface area contributed by atoms with E-state index in [0.717, 1.165) is 48.4 Å². The summed E-state index contributed by atoms with van der Waals surface area (Å²) in [5.41, 5.74) is 1.31. The van der Waals surface area contributed by atoms with Gasteiger partial charge in [0.1, 0.15) is 11.6 Å². The highest BCUT2D eigenvalue weighted by Crippen LogP contribution is 2.30. The number of alkyl halides is 3. The first kappa shape index (κ1) is 24.0. The monoisotopic (exact) mass is 452 g/mol. The molecule has 0 atom stereocenters. The van der Waals surface area contributed by atoms with Crippen molar-refractivity contribution in [2.45, 2.75) is 58.3 Å². The van der Waals surface area contributed by atoms with E-state index in [2.05, 4.69) is 10.6 Å². The minimum atomic E-state index is -4.71. The summed E-state index contributed by atoms with van der Waals surface area (Å²) in [5.74, 6) is -1.24. The standard InChI is InChI=1S/C24H28F4N2O2/c1-14-7-17(8-15(2)22(14)31)13-29-21-5-3-16(4-6-21)12-30-23(32)18-9-19(24(26,27)28)11-20(25)10-18/h7-11,16,21,29,31H,3-6,12-13H2,1-2H3,(H,30,32)/t16-,21+. The lowest BCUT2D eigenvalue weighted by atomic mass is 9.86. The summed E-state index contributed by atoms with van der Waals surface area (Å²) in [7, 11) is 0. The molecule has 174 valence electrons. The lowest BCUT2D eigenvalue weighted by Crippen LogP contribution is -2.36. The van der Waals surface area contributed by atoms with Crippen molar-refractivity contribution in [1.29, 1.82) is 0 Å². The molecule has 0 spiro atoms. The van der Waals surface area contributed by atoms with E-state index in [-0.39, 0.29) is 11.5 Å². The van der Waals surface area contributed by atoms with Crippen LogP contribution in [0.1, 0.15) is 58.3 Å². The topological polar surface area (TPSA) is 61.4 Å². The molecular formula is C24H28F4N2O2. The Balaban J connectivity index is 1.45. The minimum Gasteiger partial charge on any atom is -0.507 e. The maximum absolute atomic E-state index is 13.5. The average Bonchev–Trinajstić information content (AvgIpc) is 2.74. The van der Waals surface area contributed by atoms with Crippen molar-refractivity contribution < 1.29 is 27.5 Å². The van der Waals surface area contributed by atoms with E-state index < -0.39 is 23.5 Å². The molecule has 2 aromatic rings. The predicted octanol–water partition coefficient (Wildman–Crippen LogP) is 5.25. The molecule has 32 heavy (non-hydrogen) atoms. The second-order valence-electron chi connectivity index (χ2n) is 8.61. The third-order valence-electron chi connectivity index (χ3n) is 6.03. The van der Waals surface area contributed by atoms with Gasteiger partial charge in [0.05, 0.1) is 5.56 Å². The fourth-order valence-electron chi connectivity index (χ4n) is 4.20.